The van der Waals surface area contributed by atoms with Gasteiger partial charge in [-0.1, -0.05) is 55.5 Å². The molecule has 49 heavy (non-hydrogen) atoms. The summed E-state index contributed by atoms with van der Waals surface area (Å²) in [6.07, 6.45) is 1.74. The molecule has 1 aromatic carbocycles. The average molecular weight is 714 g/mol. The highest BCUT2D eigenvalue weighted by Gasteiger charge is 2.52. The Hall–Kier alpha value is -2.07. The van der Waals surface area contributed by atoms with E-state index in [0.717, 1.165) is 48.5 Å². The third-order valence-corrected chi connectivity index (χ3v) is 12.3. The first-order chi connectivity index (χ1) is 23.3. The van der Waals surface area contributed by atoms with Crippen molar-refractivity contribution in [3.8, 4) is 17.3 Å². The van der Waals surface area contributed by atoms with E-state index in [-0.39, 0.29) is 37.4 Å². The van der Waals surface area contributed by atoms with Crippen molar-refractivity contribution in [1.82, 2.24) is 14.5 Å². The number of aromatic nitrogens is 3. The Balaban J connectivity index is 1.11. The van der Waals surface area contributed by atoms with Crippen LogP contribution in [0.5, 0.6) is 6.01 Å². The molecule has 4 aliphatic rings. The summed E-state index contributed by atoms with van der Waals surface area (Å²) in [4.78, 5) is 9.80. The summed E-state index contributed by atoms with van der Waals surface area (Å²) < 4.78 is 51.6. The van der Waals surface area contributed by atoms with E-state index >= 15 is 0 Å². The predicted octanol–water partition coefficient (Wildman–Crippen LogP) is 5.82. The zero-order valence-corrected chi connectivity index (χ0v) is 31.5. The van der Waals surface area contributed by atoms with Gasteiger partial charge in [-0.2, -0.15) is 4.98 Å². The van der Waals surface area contributed by atoms with Crippen molar-refractivity contribution in [1.29, 1.82) is 0 Å². The van der Waals surface area contributed by atoms with Crippen molar-refractivity contribution in [2.45, 2.75) is 121 Å². The normalized spacial score (nSPS) is 28.0. The first kappa shape index (κ1) is 35.3. The van der Waals surface area contributed by atoms with E-state index in [1.165, 1.54) is 0 Å². The van der Waals surface area contributed by atoms with Crippen LogP contribution in [-0.2, 0) is 39.7 Å². The van der Waals surface area contributed by atoms with Crippen LogP contribution in [0, 0.1) is 0 Å². The first-order valence-corrected chi connectivity index (χ1v) is 21.6. The molecule has 6 heterocycles. The second-order valence-corrected chi connectivity index (χ2v) is 21.8. The van der Waals surface area contributed by atoms with Crippen LogP contribution in [0.2, 0.25) is 30.7 Å². The maximum atomic E-state index is 6.93. The minimum atomic E-state index is -1.28. The maximum Gasteiger partial charge on any atom is 0.494 e. The summed E-state index contributed by atoms with van der Waals surface area (Å²) in [5.74, 6) is 0. The minimum Gasteiger partial charge on any atom is -0.456 e. The topological polar surface area (TPSA) is 105 Å². The lowest BCUT2D eigenvalue weighted by atomic mass is 9.79. The van der Waals surface area contributed by atoms with Crippen LogP contribution in [0.15, 0.2) is 30.3 Å². The van der Waals surface area contributed by atoms with Crippen LogP contribution in [0.3, 0.4) is 0 Å². The first-order valence-electron chi connectivity index (χ1n) is 17.6. The van der Waals surface area contributed by atoms with Crippen molar-refractivity contribution in [2.75, 3.05) is 26.4 Å². The molecule has 0 aliphatic carbocycles. The molecule has 14 heteroatoms. The number of hydrogen-bond donors (Lipinski definition) is 0. The standard InChI is InChI=1S/C35H49BClN3O8Si/c1-34(2)35(3,4)48-36(47-34)23-13-11-22(12-14-23)29-24(37)18-25-32(38-29)39-33(40(25)21-41-16-17-49(5,6)7)46-27-20-44-30-26(19-43-31(27)30)45-28-10-8-9-15-42-28/h11-14,18,26-28,30-31H,8-10,15-17,19-21H2,1-7H3/t26-,27-,28?,30-,31-/m1/s1. The van der Waals surface area contributed by atoms with Gasteiger partial charge in [0.1, 0.15) is 25.0 Å². The zero-order chi connectivity index (χ0) is 34.6. The van der Waals surface area contributed by atoms with Crippen LogP contribution < -0.4 is 10.2 Å². The molecule has 3 aromatic rings. The number of hydrogen-bond acceptors (Lipinski definition) is 10. The lowest BCUT2D eigenvalue weighted by Gasteiger charge is -2.32. The average Bonchev–Trinajstić information content (AvgIpc) is 3.77. The maximum absolute atomic E-state index is 6.93. The molecule has 0 radical (unpaired) electrons. The fourth-order valence-corrected chi connectivity index (χ4v) is 7.54. The largest absolute Gasteiger partial charge is 0.494 e. The van der Waals surface area contributed by atoms with Gasteiger partial charge in [0.15, 0.2) is 18.0 Å². The van der Waals surface area contributed by atoms with Crippen molar-refractivity contribution in [3.05, 3.63) is 35.4 Å². The van der Waals surface area contributed by atoms with Gasteiger partial charge < -0.3 is 37.7 Å². The molecular formula is C35H49BClN3O8Si. The van der Waals surface area contributed by atoms with Crippen molar-refractivity contribution in [3.63, 3.8) is 0 Å². The van der Waals surface area contributed by atoms with Gasteiger partial charge in [0, 0.05) is 26.9 Å². The summed E-state index contributed by atoms with van der Waals surface area (Å²) in [5.41, 5.74) is 2.81. The Kier molecular flexibility index (Phi) is 9.96. The molecule has 0 N–H and O–H groups in total. The molecule has 0 amide bonds. The lowest BCUT2D eigenvalue weighted by molar-refractivity contribution is -0.202. The number of fused-ring (bicyclic) bond motifs is 2. The molecule has 11 nitrogen and oxygen atoms in total. The number of nitrogens with zero attached hydrogens (tertiary/aromatic N) is 3. The summed E-state index contributed by atoms with van der Waals surface area (Å²) in [6, 6.07) is 11.3. The summed E-state index contributed by atoms with van der Waals surface area (Å²) in [5, 5.41) is 0.499. The third kappa shape index (κ3) is 7.47. The zero-order valence-electron chi connectivity index (χ0n) is 29.7. The number of ether oxygens (including phenoxy) is 6. The fourth-order valence-electron chi connectivity index (χ4n) is 6.53. The Morgan fingerprint density at radius 3 is 2.31 bits per heavy atom. The van der Waals surface area contributed by atoms with Gasteiger partial charge in [0.2, 0.25) is 0 Å². The molecule has 5 atom stereocenters. The summed E-state index contributed by atoms with van der Waals surface area (Å²) in [7, 11) is -1.73. The van der Waals surface area contributed by atoms with E-state index in [2.05, 4.69) is 19.6 Å². The van der Waals surface area contributed by atoms with Crippen molar-refractivity contribution in [2.24, 2.45) is 0 Å². The highest BCUT2D eigenvalue weighted by molar-refractivity contribution is 6.76. The number of rotatable bonds is 11. The van der Waals surface area contributed by atoms with Gasteiger partial charge >= 0.3 is 13.1 Å². The summed E-state index contributed by atoms with van der Waals surface area (Å²) >= 11 is 6.93. The third-order valence-electron chi connectivity index (χ3n) is 10.3. The monoisotopic (exact) mass is 713 g/mol. The molecule has 2 aromatic heterocycles. The predicted molar refractivity (Wildman–Crippen MR) is 190 cm³/mol. The molecule has 1 unspecified atom stereocenters. The van der Waals surface area contributed by atoms with Gasteiger partial charge in [-0.15, -0.1) is 0 Å². The number of benzene rings is 1. The van der Waals surface area contributed by atoms with Crippen LogP contribution in [0.1, 0.15) is 47.0 Å². The fraction of sp³-hybridized carbons (Fsp3) is 0.657. The molecular weight excluding hydrogens is 665 g/mol. The molecule has 0 bridgehead atoms. The molecule has 4 fully saturated rings. The highest BCUT2D eigenvalue weighted by Crippen LogP contribution is 2.38. The molecule has 266 valence electrons. The van der Waals surface area contributed by atoms with E-state index < -0.39 is 26.4 Å². The molecule has 4 saturated heterocycles. The van der Waals surface area contributed by atoms with Crippen LogP contribution in [-0.4, -0.2) is 98.1 Å². The van der Waals surface area contributed by atoms with E-state index in [0.29, 0.717) is 42.2 Å². The minimum absolute atomic E-state index is 0.204. The second-order valence-electron chi connectivity index (χ2n) is 15.8. The number of halogens is 1. The van der Waals surface area contributed by atoms with Gasteiger partial charge in [0.25, 0.3) is 0 Å². The van der Waals surface area contributed by atoms with Crippen LogP contribution in [0.25, 0.3) is 22.4 Å². The second kappa shape index (κ2) is 13.8. The van der Waals surface area contributed by atoms with E-state index in [9.17, 15) is 0 Å². The van der Waals surface area contributed by atoms with E-state index in [1.54, 1.807) is 0 Å². The van der Waals surface area contributed by atoms with Gasteiger partial charge in [-0.25, -0.2) is 4.98 Å². The quantitative estimate of drug-likeness (QED) is 0.178. The smallest absolute Gasteiger partial charge is 0.456 e. The summed E-state index contributed by atoms with van der Waals surface area (Å²) in [6.45, 7) is 17.6. The molecule has 7 rings (SSSR count). The molecule has 4 aliphatic heterocycles. The van der Waals surface area contributed by atoms with Crippen molar-refractivity contribution < 1.29 is 37.7 Å². The number of imidazole rings is 1. The van der Waals surface area contributed by atoms with Crippen LogP contribution in [0.4, 0.5) is 0 Å². The molecule has 0 saturated carbocycles. The van der Waals surface area contributed by atoms with Gasteiger partial charge in [-0.3, -0.25) is 4.57 Å². The van der Waals surface area contributed by atoms with Gasteiger partial charge in [-0.05, 0) is 64.5 Å². The SMILES string of the molecule is CC1(C)OB(c2ccc(-c3nc4nc(O[C@@H]5CO[C@H]6[C@@H]5OC[C@H]6OC5CCCCO5)n(COCC[Si](C)(C)C)c4cc3Cl)cc2)OC1(C)C. The Bertz CT molecular complexity index is 1610. The Morgan fingerprint density at radius 1 is 0.939 bits per heavy atom. The van der Waals surface area contributed by atoms with E-state index in [4.69, 9.17) is 59.3 Å². The Labute approximate surface area is 295 Å². The Morgan fingerprint density at radius 2 is 1.63 bits per heavy atom. The number of pyridine rings is 1. The van der Waals surface area contributed by atoms with Gasteiger partial charge in [0.05, 0.1) is 40.6 Å². The van der Waals surface area contributed by atoms with Crippen LogP contribution >= 0.6 is 11.6 Å². The van der Waals surface area contributed by atoms with Crippen molar-refractivity contribution >= 4 is 43.4 Å². The molecule has 0 spiro atoms. The lowest BCUT2D eigenvalue weighted by Crippen LogP contribution is -2.41. The highest BCUT2D eigenvalue weighted by atomic mass is 35.5. The van der Waals surface area contributed by atoms with E-state index in [1.807, 2.05) is 62.6 Å².